The van der Waals surface area contributed by atoms with E-state index in [9.17, 15) is 5.11 Å². The van der Waals surface area contributed by atoms with Gasteiger partial charge in [0.2, 0.25) is 6.79 Å². The van der Waals surface area contributed by atoms with E-state index in [1.165, 1.54) is 16.7 Å². The predicted molar refractivity (Wildman–Crippen MR) is 103 cm³/mol. The van der Waals surface area contributed by atoms with E-state index in [-0.39, 0.29) is 18.8 Å². The van der Waals surface area contributed by atoms with Gasteiger partial charge in [0.15, 0.2) is 11.5 Å². The van der Waals surface area contributed by atoms with Crippen molar-refractivity contribution in [1.29, 1.82) is 0 Å². The molecule has 0 bridgehead atoms. The molecule has 0 spiro atoms. The standard InChI is InChI=1S/C23H23NO4/c25-18-8-15-6-7-24-11-16-9-19-20(28-13-27-19)10-17(16)21(22(15)24)23(18)26-12-14-4-2-1-3-5-14/h1-5,8-10,18,21-23,25H,6-7,11-13H2/t18-,21-,22+,23+/m0/s1. The van der Waals surface area contributed by atoms with E-state index in [0.29, 0.717) is 12.6 Å². The topological polar surface area (TPSA) is 51.2 Å². The van der Waals surface area contributed by atoms with Crippen LogP contribution in [0.25, 0.3) is 0 Å². The van der Waals surface area contributed by atoms with Crippen LogP contribution in [0, 0.1) is 0 Å². The second-order valence-electron chi connectivity index (χ2n) is 8.09. The Morgan fingerprint density at radius 1 is 1.11 bits per heavy atom. The van der Waals surface area contributed by atoms with Crippen LogP contribution in [-0.4, -0.2) is 41.6 Å². The lowest BCUT2D eigenvalue weighted by atomic mass is 9.73. The molecule has 4 aliphatic rings. The number of aliphatic hydroxyl groups is 1. The highest BCUT2D eigenvalue weighted by Gasteiger charge is 2.49. The van der Waals surface area contributed by atoms with Gasteiger partial charge in [-0.3, -0.25) is 4.90 Å². The molecular weight excluding hydrogens is 354 g/mol. The molecule has 1 aliphatic carbocycles. The van der Waals surface area contributed by atoms with Crippen molar-refractivity contribution in [3.05, 3.63) is 70.8 Å². The number of aliphatic hydroxyl groups excluding tert-OH is 1. The van der Waals surface area contributed by atoms with Crippen molar-refractivity contribution in [2.24, 2.45) is 0 Å². The quantitative estimate of drug-likeness (QED) is 0.834. The first-order valence-electron chi connectivity index (χ1n) is 9.98. The number of benzene rings is 2. The number of nitrogens with zero attached hydrogens (tertiary/aromatic N) is 1. The van der Waals surface area contributed by atoms with E-state index in [1.54, 1.807) is 0 Å². The molecule has 28 heavy (non-hydrogen) atoms. The third-order valence-corrected chi connectivity index (χ3v) is 6.53. The lowest BCUT2D eigenvalue weighted by molar-refractivity contribution is -0.0619. The molecule has 4 atom stereocenters. The summed E-state index contributed by atoms with van der Waals surface area (Å²) in [7, 11) is 0. The number of fused-ring (bicyclic) bond motifs is 3. The van der Waals surface area contributed by atoms with Gasteiger partial charge in [-0.1, -0.05) is 42.0 Å². The average molecular weight is 377 g/mol. The first-order valence-corrected chi connectivity index (χ1v) is 9.98. The smallest absolute Gasteiger partial charge is 0.231 e. The fourth-order valence-corrected chi connectivity index (χ4v) is 5.30. The Hall–Kier alpha value is -2.34. The van der Waals surface area contributed by atoms with Gasteiger partial charge in [0.25, 0.3) is 0 Å². The molecule has 3 heterocycles. The molecule has 6 rings (SSSR count). The first-order chi connectivity index (χ1) is 13.8. The average Bonchev–Trinajstić information content (AvgIpc) is 3.33. The van der Waals surface area contributed by atoms with Gasteiger partial charge in [-0.15, -0.1) is 0 Å². The van der Waals surface area contributed by atoms with Crippen LogP contribution in [0.2, 0.25) is 0 Å². The van der Waals surface area contributed by atoms with Gasteiger partial charge in [0.1, 0.15) is 0 Å². The van der Waals surface area contributed by atoms with Crippen LogP contribution < -0.4 is 9.47 Å². The maximum atomic E-state index is 10.9. The molecule has 2 aromatic carbocycles. The highest BCUT2D eigenvalue weighted by atomic mass is 16.7. The lowest BCUT2D eigenvalue weighted by Gasteiger charge is -2.46. The van der Waals surface area contributed by atoms with E-state index in [0.717, 1.165) is 36.6 Å². The fourth-order valence-electron chi connectivity index (χ4n) is 5.30. The minimum absolute atomic E-state index is 0.0967. The summed E-state index contributed by atoms with van der Waals surface area (Å²) in [5.74, 6) is 1.72. The van der Waals surface area contributed by atoms with Crippen LogP contribution in [0.5, 0.6) is 11.5 Å². The molecular formula is C23H23NO4. The summed E-state index contributed by atoms with van der Waals surface area (Å²) in [6, 6.07) is 14.7. The minimum atomic E-state index is -0.601. The predicted octanol–water partition coefficient (Wildman–Crippen LogP) is 2.97. The summed E-state index contributed by atoms with van der Waals surface area (Å²) in [5.41, 5.74) is 4.96. The van der Waals surface area contributed by atoms with Crippen LogP contribution in [0.1, 0.15) is 29.0 Å². The van der Waals surface area contributed by atoms with Gasteiger partial charge in [0, 0.05) is 25.0 Å². The van der Waals surface area contributed by atoms with Crippen LogP contribution >= 0.6 is 0 Å². The summed E-state index contributed by atoms with van der Waals surface area (Å²) in [5, 5.41) is 10.9. The molecule has 0 saturated carbocycles. The SMILES string of the molecule is O[C@H]1C=C2CCN3Cc4cc5c(cc4[C@H]([C@@H]1OCc1ccccc1)[C@@H]23)OCO5. The van der Waals surface area contributed by atoms with E-state index in [4.69, 9.17) is 14.2 Å². The van der Waals surface area contributed by atoms with Crippen molar-refractivity contribution < 1.29 is 19.3 Å². The zero-order valence-electron chi connectivity index (χ0n) is 15.6. The molecule has 0 unspecified atom stereocenters. The Labute approximate surface area is 164 Å². The highest BCUT2D eigenvalue weighted by Crippen LogP contribution is 2.50. The number of rotatable bonds is 3. The number of ether oxygens (including phenoxy) is 3. The maximum absolute atomic E-state index is 10.9. The van der Waals surface area contributed by atoms with Gasteiger partial charge >= 0.3 is 0 Å². The molecule has 1 fully saturated rings. The highest BCUT2D eigenvalue weighted by molar-refractivity contribution is 5.53. The van der Waals surface area contributed by atoms with Crippen molar-refractivity contribution in [2.45, 2.75) is 43.7 Å². The van der Waals surface area contributed by atoms with Crippen molar-refractivity contribution in [1.82, 2.24) is 4.90 Å². The van der Waals surface area contributed by atoms with E-state index >= 15 is 0 Å². The Balaban J connectivity index is 1.40. The molecule has 5 nitrogen and oxygen atoms in total. The summed E-state index contributed by atoms with van der Waals surface area (Å²) in [6.07, 6.45) is 2.17. The van der Waals surface area contributed by atoms with Crippen molar-refractivity contribution in [2.75, 3.05) is 13.3 Å². The molecule has 3 aliphatic heterocycles. The molecule has 1 N–H and O–H groups in total. The molecule has 0 aromatic heterocycles. The van der Waals surface area contributed by atoms with E-state index in [2.05, 4.69) is 29.2 Å². The van der Waals surface area contributed by atoms with E-state index < -0.39 is 6.10 Å². The van der Waals surface area contributed by atoms with Gasteiger partial charge in [-0.2, -0.15) is 0 Å². The summed E-state index contributed by atoms with van der Waals surface area (Å²) >= 11 is 0. The largest absolute Gasteiger partial charge is 0.454 e. The zero-order chi connectivity index (χ0) is 18.7. The Morgan fingerprint density at radius 2 is 1.93 bits per heavy atom. The Morgan fingerprint density at radius 3 is 2.79 bits per heavy atom. The van der Waals surface area contributed by atoms with Crippen LogP contribution in [0.3, 0.4) is 0 Å². The Kier molecular flexibility index (Phi) is 3.76. The molecule has 5 heteroatoms. The summed E-state index contributed by atoms with van der Waals surface area (Å²) in [4.78, 5) is 2.52. The van der Waals surface area contributed by atoms with Crippen molar-refractivity contribution >= 4 is 0 Å². The van der Waals surface area contributed by atoms with E-state index in [1.807, 2.05) is 24.3 Å². The molecule has 0 radical (unpaired) electrons. The van der Waals surface area contributed by atoms with Gasteiger partial charge < -0.3 is 19.3 Å². The monoisotopic (exact) mass is 377 g/mol. The van der Waals surface area contributed by atoms with Crippen LogP contribution in [0.15, 0.2) is 54.1 Å². The van der Waals surface area contributed by atoms with Crippen molar-refractivity contribution in [3.8, 4) is 11.5 Å². The summed E-state index contributed by atoms with van der Waals surface area (Å²) in [6.45, 7) is 2.71. The number of hydrogen-bond acceptors (Lipinski definition) is 5. The zero-order valence-corrected chi connectivity index (χ0v) is 15.6. The molecule has 0 amide bonds. The fraction of sp³-hybridized carbons (Fsp3) is 0.391. The second kappa shape index (κ2) is 6.34. The third kappa shape index (κ3) is 2.50. The lowest BCUT2D eigenvalue weighted by Crippen LogP contribution is -2.50. The Bertz CT molecular complexity index is 941. The van der Waals surface area contributed by atoms with Crippen molar-refractivity contribution in [3.63, 3.8) is 0 Å². The third-order valence-electron chi connectivity index (χ3n) is 6.53. The van der Waals surface area contributed by atoms with Gasteiger partial charge in [-0.05, 0) is 35.2 Å². The van der Waals surface area contributed by atoms with Crippen LogP contribution in [0.4, 0.5) is 0 Å². The normalized spacial score (nSPS) is 30.0. The molecule has 2 aromatic rings. The summed E-state index contributed by atoms with van der Waals surface area (Å²) < 4.78 is 17.6. The minimum Gasteiger partial charge on any atom is -0.454 e. The molecule has 1 saturated heterocycles. The van der Waals surface area contributed by atoms with Gasteiger partial charge in [-0.25, -0.2) is 0 Å². The maximum Gasteiger partial charge on any atom is 0.231 e. The second-order valence-corrected chi connectivity index (χ2v) is 8.09. The molecule has 144 valence electrons. The van der Waals surface area contributed by atoms with Crippen LogP contribution in [-0.2, 0) is 17.9 Å². The van der Waals surface area contributed by atoms with Gasteiger partial charge in [0.05, 0.1) is 18.8 Å². The number of hydrogen-bond donors (Lipinski definition) is 1. The first kappa shape index (κ1) is 16.6.